The van der Waals surface area contributed by atoms with Crippen molar-refractivity contribution in [3.05, 3.63) is 70.3 Å². The Labute approximate surface area is 178 Å². The minimum atomic E-state index is -0.886. The standard InChI is InChI=1S/C23H21F2N3O3/c1-15-6-7-18(24)19(20(15)25)21(29)27-10-8-23(9-11-27)14-28(22(30)31-23)13-17-5-3-2-4-16(17)12-26/h2-7H,8-11,13-14H2,1H3. The first-order chi connectivity index (χ1) is 14.8. The third-order valence-electron chi connectivity index (χ3n) is 6.00. The van der Waals surface area contributed by atoms with Crippen molar-refractivity contribution in [2.45, 2.75) is 31.9 Å². The monoisotopic (exact) mass is 425 g/mol. The zero-order chi connectivity index (χ0) is 22.2. The van der Waals surface area contributed by atoms with Gasteiger partial charge in [-0.3, -0.25) is 9.69 Å². The SMILES string of the molecule is Cc1ccc(F)c(C(=O)N2CCC3(CC2)CN(Cc2ccccc2C#N)C(=O)O3)c1F. The number of piperidine rings is 1. The number of carbonyl (C=O) groups excluding carboxylic acids is 2. The molecule has 2 amide bonds. The number of ether oxygens (including phenoxy) is 1. The summed E-state index contributed by atoms with van der Waals surface area (Å²) in [5.41, 5.74) is 0.139. The fraction of sp³-hybridized carbons (Fsp3) is 0.348. The Bertz CT molecular complexity index is 1090. The van der Waals surface area contributed by atoms with E-state index in [9.17, 15) is 23.6 Å². The third kappa shape index (κ3) is 3.83. The van der Waals surface area contributed by atoms with Gasteiger partial charge in [0.05, 0.1) is 24.7 Å². The number of likely N-dealkylation sites (tertiary alicyclic amines) is 1. The summed E-state index contributed by atoms with van der Waals surface area (Å²) < 4.78 is 34.1. The van der Waals surface area contributed by atoms with E-state index in [1.165, 1.54) is 17.9 Å². The van der Waals surface area contributed by atoms with E-state index in [0.29, 0.717) is 24.9 Å². The fourth-order valence-electron chi connectivity index (χ4n) is 4.18. The molecule has 8 heteroatoms. The lowest BCUT2D eigenvalue weighted by Gasteiger charge is -2.37. The average Bonchev–Trinajstić information content (AvgIpc) is 3.06. The molecule has 2 aromatic rings. The summed E-state index contributed by atoms with van der Waals surface area (Å²) in [6.07, 6.45) is 0.273. The van der Waals surface area contributed by atoms with Crippen LogP contribution < -0.4 is 0 Å². The summed E-state index contributed by atoms with van der Waals surface area (Å²) in [5, 5.41) is 9.26. The van der Waals surface area contributed by atoms with Gasteiger partial charge in [-0.05, 0) is 30.2 Å². The molecule has 4 rings (SSSR count). The van der Waals surface area contributed by atoms with E-state index >= 15 is 0 Å². The number of halogens is 2. The second-order valence-corrected chi connectivity index (χ2v) is 8.02. The number of hydrogen-bond donors (Lipinski definition) is 0. The van der Waals surface area contributed by atoms with Crippen LogP contribution in [0.2, 0.25) is 0 Å². The molecule has 160 valence electrons. The fourth-order valence-corrected chi connectivity index (χ4v) is 4.18. The summed E-state index contributed by atoms with van der Waals surface area (Å²) in [4.78, 5) is 28.1. The minimum absolute atomic E-state index is 0.205. The van der Waals surface area contributed by atoms with E-state index in [1.807, 2.05) is 0 Å². The lowest BCUT2D eigenvalue weighted by atomic mass is 9.90. The highest BCUT2D eigenvalue weighted by Gasteiger charge is 2.47. The predicted molar refractivity (Wildman–Crippen MR) is 107 cm³/mol. The molecular weight excluding hydrogens is 404 g/mol. The number of nitrogens with zero attached hydrogens (tertiary/aromatic N) is 3. The average molecular weight is 425 g/mol. The van der Waals surface area contributed by atoms with E-state index in [0.717, 1.165) is 11.6 Å². The normalized spacial score (nSPS) is 17.5. The second-order valence-electron chi connectivity index (χ2n) is 8.02. The molecule has 6 nitrogen and oxygen atoms in total. The van der Waals surface area contributed by atoms with Crippen LogP contribution in [0.15, 0.2) is 36.4 Å². The van der Waals surface area contributed by atoms with E-state index in [-0.39, 0.29) is 25.2 Å². The molecule has 0 saturated carbocycles. The molecule has 2 aliphatic rings. The van der Waals surface area contributed by atoms with Gasteiger partial charge in [-0.15, -0.1) is 0 Å². The van der Waals surface area contributed by atoms with Gasteiger partial charge >= 0.3 is 6.09 Å². The zero-order valence-corrected chi connectivity index (χ0v) is 17.0. The number of benzene rings is 2. The van der Waals surface area contributed by atoms with E-state index in [2.05, 4.69) is 6.07 Å². The van der Waals surface area contributed by atoms with E-state index in [4.69, 9.17) is 4.74 Å². The second kappa shape index (κ2) is 7.99. The highest BCUT2D eigenvalue weighted by Crippen LogP contribution is 2.35. The van der Waals surface area contributed by atoms with Crippen LogP contribution in [0.5, 0.6) is 0 Å². The topological polar surface area (TPSA) is 73.6 Å². The first kappa shape index (κ1) is 20.8. The van der Waals surface area contributed by atoms with Crippen molar-refractivity contribution in [2.75, 3.05) is 19.6 Å². The van der Waals surface area contributed by atoms with Crippen LogP contribution in [0.1, 0.15) is 39.9 Å². The van der Waals surface area contributed by atoms with Crippen molar-refractivity contribution in [3.63, 3.8) is 0 Å². The first-order valence-electron chi connectivity index (χ1n) is 10.0. The maximum Gasteiger partial charge on any atom is 0.410 e. The number of amides is 2. The molecule has 0 aliphatic carbocycles. The van der Waals surface area contributed by atoms with E-state index < -0.39 is 34.8 Å². The van der Waals surface area contributed by atoms with Crippen LogP contribution >= 0.6 is 0 Å². The molecule has 2 aromatic carbocycles. The Balaban J connectivity index is 1.44. The number of nitriles is 1. The number of hydrogen-bond acceptors (Lipinski definition) is 4. The molecule has 31 heavy (non-hydrogen) atoms. The smallest absolute Gasteiger partial charge is 0.410 e. The molecule has 0 aromatic heterocycles. The Morgan fingerprint density at radius 2 is 1.90 bits per heavy atom. The molecule has 2 aliphatic heterocycles. The van der Waals surface area contributed by atoms with Gasteiger partial charge in [0.15, 0.2) is 0 Å². The largest absolute Gasteiger partial charge is 0.441 e. The molecular formula is C23H21F2N3O3. The van der Waals surface area contributed by atoms with Gasteiger partial charge in [0.2, 0.25) is 0 Å². The summed E-state index contributed by atoms with van der Waals surface area (Å²) in [5.74, 6) is -2.43. The third-order valence-corrected chi connectivity index (χ3v) is 6.00. The van der Waals surface area contributed by atoms with Crippen LogP contribution in [0.4, 0.5) is 13.6 Å². The minimum Gasteiger partial charge on any atom is -0.441 e. The molecule has 2 heterocycles. The number of aryl methyl sites for hydroxylation is 1. The quantitative estimate of drug-likeness (QED) is 0.750. The first-order valence-corrected chi connectivity index (χ1v) is 10.0. The van der Waals surface area contributed by atoms with Crippen LogP contribution in [-0.2, 0) is 11.3 Å². The molecule has 1 spiro atoms. The van der Waals surface area contributed by atoms with Gasteiger partial charge in [-0.25, -0.2) is 13.6 Å². The van der Waals surface area contributed by atoms with Gasteiger partial charge in [-0.1, -0.05) is 24.3 Å². The maximum absolute atomic E-state index is 14.3. The van der Waals surface area contributed by atoms with Crippen LogP contribution in [-0.4, -0.2) is 47.0 Å². The molecule has 0 bridgehead atoms. The van der Waals surface area contributed by atoms with Gasteiger partial charge < -0.3 is 9.64 Å². The molecule has 0 radical (unpaired) electrons. The van der Waals surface area contributed by atoms with Crippen molar-refractivity contribution in [3.8, 4) is 6.07 Å². The maximum atomic E-state index is 14.3. The van der Waals surface area contributed by atoms with E-state index in [1.54, 1.807) is 29.2 Å². The Kier molecular flexibility index (Phi) is 5.36. The van der Waals surface area contributed by atoms with Crippen LogP contribution in [0.3, 0.4) is 0 Å². The van der Waals surface area contributed by atoms with Crippen LogP contribution in [0.25, 0.3) is 0 Å². The van der Waals surface area contributed by atoms with Gasteiger partial charge in [-0.2, -0.15) is 5.26 Å². The summed E-state index contributed by atoms with van der Waals surface area (Å²) in [6, 6.07) is 11.6. The molecule has 0 N–H and O–H groups in total. The lowest BCUT2D eigenvalue weighted by molar-refractivity contribution is 0.00289. The lowest BCUT2D eigenvalue weighted by Crippen LogP contribution is -2.49. The van der Waals surface area contributed by atoms with Gasteiger partial charge in [0, 0.05) is 25.9 Å². The van der Waals surface area contributed by atoms with Gasteiger partial charge in [0.25, 0.3) is 5.91 Å². The van der Waals surface area contributed by atoms with Crippen molar-refractivity contribution in [1.29, 1.82) is 5.26 Å². The number of carbonyl (C=O) groups is 2. The summed E-state index contributed by atoms with van der Waals surface area (Å²) in [7, 11) is 0. The van der Waals surface area contributed by atoms with Crippen molar-refractivity contribution >= 4 is 12.0 Å². The van der Waals surface area contributed by atoms with Crippen molar-refractivity contribution in [2.24, 2.45) is 0 Å². The van der Waals surface area contributed by atoms with Crippen LogP contribution in [0, 0.1) is 29.9 Å². The highest BCUT2D eigenvalue weighted by atomic mass is 19.1. The Hall–Kier alpha value is -3.47. The Morgan fingerprint density at radius 3 is 2.61 bits per heavy atom. The zero-order valence-electron chi connectivity index (χ0n) is 17.0. The molecule has 0 unspecified atom stereocenters. The summed E-state index contributed by atoms with van der Waals surface area (Å²) in [6.45, 7) is 2.52. The van der Waals surface area contributed by atoms with Crippen molar-refractivity contribution in [1.82, 2.24) is 9.80 Å². The number of rotatable bonds is 3. The Morgan fingerprint density at radius 1 is 1.19 bits per heavy atom. The molecule has 2 saturated heterocycles. The predicted octanol–water partition coefficient (Wildman–Crippen LogP) is 3.77. The van der Waals surface area contributed by atoms with Gasteiger partial charge in [0.1, 0.15) is 22.8 Å². The highest BCUT2D eigenvalue weighted by molar-refractivity contribution is 5.95. The molecule has 2 fully saturated rings. The summed E-state index contributed by atoms with van der Waals surface area (Å²) >= 11 is 0. The van der Waals surface area contributed by atoms with Crippen molar-refractivity contribution < 1.29 is 23.1 Å². The molecule has 0 atom stereocenters.